The molecule has 126 valence electrons. The van der Waals surface area contributed by atoms with Gasteiger partial charge in [0.15, 0.2) is 4.96 Å². The number of fused-ring (bicyclic) bond motifs is 1. The molecule has 1 atom stereocenters. The number of thiazole rings is 1. The number of hydrogen-bond acceptors (Lipinski definition) is 4. The number of hydrogen-bond donors (Lipinski definition) is 1. The lowest BCUT2D eigenvalue weighted by molar-refractivity contribution is -0.120. The fourth-order valence-electron chi connectivity index (χ4n) is 2.47. The molecule has 6 heteroatoms. The Morgan fingerprint density at radius 3 is 3.00 bits per heavy atom. The second-order valence-corrected chi connectivity index (χ2v) is 6.50. The Labute approximate surface area is 145 Å². The van der Waals surface area contributed by atoms with E-state index in [1.807, 2.05) is 47.3 Å². The predicted octanol–water partition coefficient (Wildman–Crippen LogP) is 3.22. The van der Waals surface area contributed by atoms with E-state index in [1.165, 1.54) is 5.56 Å². The van der Waals surface area contributed by atoms with E-state index < -0.39 is 0 Å². The van der Waals surface area contributed by atoms with Gasteiger partial charge in [-0.15, -0.1) is 11.3 Å². The summed E-state index contributed by atoms with van der Waals surface area (Å²) >= 11 is 1.56. The first-order valence-electron chi connectivity index (χ1n) is 8.06. The zero-order valence-electron chi connectivity index (χ0n) is 13.6. The summed E-state index contributed by atoms with van der Waals surface area (Å²) in [5.74, 6) is -0.00291. The Hall–Kier alpha value is -2.18. The minimum absolute atomic E-state index is 0.00291. The van der Waals surface area contributed by atoms with Crippen LogP contribution in [-0.4, -0.2) is 28.4 Å². The number of amides is 1. The number of rotatable bonds is 8. The average molecular weight is 343 g/mol. The van der Waals surface area contributed by atoms with Crippen molar-refractivity contribution in [2.75, 3.05) is 13.2 Å². The summed E-state index contributed by atoms with van der Waals surface area (Å²) in [7, 11) is 0. The zero-order chi connectivity index (χ0) is 16.8. The predicted molar refractivity (Wildman–Crippen MR) is 95.2 cm³/mol. The van der Waals surface area contributed by atoms with Gasteiger partial charge in [-0.1, -0.05) is 30.3 Å². The number of benzene rings is 1. The van der Waals surface area contributed by atoms with E-state index in [1.54, 1.807) is 11.3 Å². The molecule has 1 unspecified atom stereocenters. The van der Waals surface area contributed by atoms with Crippen molar-refractivity contribution < 1.29 is 9.53 Å². The summed E-state index contributed by atoms with van der Waals surface area (Å²) in [6.45, 7) is 3.28. The molecule has 0 radical (unpaired) electrons. The Bertz CT molecular complexity index is 753. The van der Waals surface area contributed by atoms with E-state index in [4.69, 9.17) is 4.74 Å². The highest BCUT2D eigenvalue weighted by atomic mass is 32.1. The van der Waals surface area contributed by atoms with Crippen LogP contribution < -0.4 is 5.32 Å². The van der Waals surface area contributed by atoms with E-state index in [-0.39, 0.29) is 12.0 Å². The number of imidazole rings is 1. The molecule has 1 N–H and O–H groups in total. The van der Waals surface area contributed by atoms with Gasteiger partial charge in [0.2, 0.25) is 5.91 Å². The number of carbonyl (C=O) groups is 1. The van der Waals surface area contributed by atoms with E-state index in [0.717, 1.165) is 17.1 Å². The lowest BCUT2D eigenvalue weighted by Crippen LogP contribution is -2.27. The molecule has 0 saturated carbocycles. The van der Waals surface area contributed by atoms with Crippen molar-refractivity contribution in [3.05, 3.63) is 59.4 Å². The summed E-state index contributed by atoms with van der Waals surface area (Å²) < 4.78 is 7.73. The molecule has 0 fully saturated rings. The van der Waals surface area contributed by atoms with Crippen molar-refractivity contribution in [1.82, 2.24) is 14.7 Å². The molecule has 0 aliphatic heterocycles. The minimum atomic E-state index is -0.00291. The molecular weight excluding hydrogens is 322 g/mol. The molecule has 3 rings (SSSR count). The minimum Gasteiger partial charge on any atom is -0.374 e. The summed E-state index contributed by atoms with van der Waals surface area (Å²) in [6.07, 6.45) is 5.02. The number of nitrogens with zero attached hydrogens (tertiary/aromatic N) is 2. The van der Waals surface area contributed by atoms with Gasteiger partial charge in [-0.25, -0.2) is 4.98 Å². The smallest absolute Gasteiger partial charge is 0.226 e. The molecule has 2 aromatic heterocycles. The van der Waals surface area contributed by atoms with E-state index in [2.05, 4.69) is 22.4 Å². The highest BCUT2D eigenvalue weighted by molar-refractivity contribution is 7.15. The SMILES string of the molecule is CC(OCCCNC(=O)Cc1cn2ccsc2n1)c1ccccc1. The number of ether oxygens (including phenoxy) is 1. The second kappa shape index (κ2) is 8.08. The molecule has 0 aliphatic carbocycles. The van der Waals surface area contributed by atoms with Crippen LogP contribution in [0, 0.1) is 0 Å². The quantitative estimate of drug-likeness (QED) is 0.639. The van der Waals surface area contributed by atoms with E-state index in [9.17, 15) is 4.79 Å². The van der Waals surface area contributed by atoms with E-state index in [0.29, 0.717) is 19.6 Å². The number of carbonyl (C=O) groups excluding carboxylic acids is 1. The molecule has 0 bridgehead atoms. The summed E-state index contributed by atoms with van der Waals surface area (Å²) in [4.78, 5) is 17.3. The van der Waals surface area contributed by atoms with Gasteiger partial charge < -0.3 is 10.1 Å². The fraction of sp³-hybridized carbons (Fsp3) is 0.333. The van der Waals surface area contributed by atoms with Crippen molar-refractivity contribution in [3.63, 3.8) is 0 Å². The third kappa shape index (κ3) is 4.43. The van der Waals surface area contributed by atoms with Crippen LogP contribution in [0.5, 0.6) is 0 Å². The first-order valence-corrected chi connectivity index (χ1v) is 8.94. The van der Waals surface area contributed by atoms with Crippen LogP contribution in [0.1, 0.15) is 30.7 Å². The first kappa shape index (κ1) is 16.7. The van der Waals surface area contributed by atoms with Crippen molar-refractivity contribution in [2.24, 2.45) is 0 Å². The number of nitrogens with one attached hydrogen (secondary N) is 1. The first-order chi connectivity index (χ1) is 11.7. The summed E-state index contributed by atoms with van der Waals surface area (Å²) in [5.41, 5.74) is 1.97. The molecule has 0 spiro atoms. The van der Waals surface area contributed by atoms with Crippen LogP contribution in [0.25, 0.3) is 4.96 Å². The van der Waals surface area contributed by atoms with Crippen LogP contribution in [0.3, 0.4) is 0 Å². The third-order valence-electron chi connectivity index (χ3n) is 3.76. The number of aromatic nitrogens is 2. The second-order valence-electron chi connectivity index (χ2n) is 5.63. The van der Waals surface area contributed by atoms with Crippen LogP contribution in [-0.2, 0) is 16.0 Å². The lowest BCUT2D eigenvalue weighted by Gasteiger charge is -2.13. The topological polar surface area (TPSA) is 55.6 Å². The Balaban J connectivity index is 1.33. The maximum atomic E-state index is 11.9. The highest BCUT2D eigenvalue weighted by Crippen LogP contribution is 2.15. The third-order valence-corrected chi connectivity index (χ3v) is 4.54. The van der Waals surface area contributed by atoms with Crippen molar-refractivity contribution in [2.45, 2.75) is 25.9 Å². The van der Waals surface area contributed by atoms with Crippen LogP contribution in [0.2, 0.25) is 0 Å². The summed E-state index contributed by atoms with van der Waals surface area (Å²) in [6, 6.07) is 10.1. The van der Waals surface area contributed by atoms with Gasteiger partial charge in [-0.3, -0.25) is 9.20 Å². The van der Waals surface area contributed by atoms with Crippen LogP contribution in [0.4, 0.5) is 0 Å². The standard InChI is InChI=1S/C18H21N3O2S/c1-14(15-6-3-2-4-7-15)23-10-5-8-19-17(22)12-16-13-21-9-11-24-18(21)20-16/h2-4,6-7,9,11,13-14H,5,8,10,12H2,1H3,(H,19,22). The van der Waals surface area contributed by atoms with Gasteiger partial charge in [0.05, 0.1) is 18.2 Å². The average Bonchev–Trinajstić information content (AvgIpc) is 3.16. The van der Waals surface area contributed by atoms with Gasteiger partial charge in [0, 0.05) is 30.9 Å². The molecule has 1 aromatic carbocycles. The molecule has 2 heterocycles. The van der Waals surface area contributed by atoms with Gasteiger partial charge in [-0.2, -0.15) is 0 Å². The summed E-state index contributed by atoms with van der Waals surface area (Å²) in [5, 5.41) is 4.89. The van der Waals surface area contributed by atoms with Crippen LogP contribution in [0.15, 0.2) is 48.1 Å². The van der Waals surface area contributed by atoms with E-state index >= 15 is 0 Å². The monoisotopic (exact) mass is 343 g/mol. The van der Waals surface area contributed by atoms with Gasteiger partial charge in [0.1, 0.15) is 0 Å². The van der Waals surface area contributed by atoms with Crippen molar-refractivity contribution in [1.29, 1.82) is 0 Å². The van der Waals surface area contributed by atoms with Crippen molar-refractivity contribution in [3.8, 4) is 0 Å². The molecule has 3 aromatic rings. The van der Waals surface area contributed by atoms with Gasteiger partial charge >= 0.3 is 0 Å². The highest BCUT2D eigenvalue weighted by Gasteiger charge is 2.08. The Morgan fingerprint density at radius 1 is 1.38 bits per heavy atom. The molecule has 0 aliphatic rings. The largest absolute Gasteiger partial charge is 0.374 e. The normalized spacial score (nSPS) is 12.4. The lowest BCUT2D eigenvalue weighted by atomic mass is 10.1. The Morgan fingerprint density at radius 2 is 2.21 bits per heavy atom. The molecule has 1 amide bonds. The van der Waals surface area contributed by atoms with Gasteiger partial charge in [-0.05, 0) is 18.9 Å². The van der Waals surface area contributed by atoms with Crippen molar-refractivity contribution >= 4 is 22.2 Å². The zero-order valence-corrected chi connectivity index (χ0v) is 14.5. The van der Waals surface area contributed by atoms with Crippen LogP contribution >= 0.6 is 11.3 Å². The maximum absolute atomic E-state index is 11.9. The maximum Gasteiger partial charge on any atom is 0.226 e. The molecule has 24 heavy (non-hydrogen) atoms. The van der Waals surface area contributed by atoms with Gasteiger partial charge in [0.25, 0.3) is 0 Å². The molecule has 0 saturated heterocycles. The molecular formula is C18H21N3O2S. The molecule has 5 nitrogen and oxygen atoms in total. The fourth-order valence-corrected chi connectivity index (χ4v) is 3.19. The Kier molecular flexibility index (Phi) is 5.61.